The molecule has 0 unspecified atom stereocenters. The zero-order valence-corrected chi connectivity index (χ0v) is 21.4. The normalized spacial score (nSPS) is 11.5. The van der Waals surface area contributed by atoms with Gasteiger partial charge in [-0.25, -0.2) is 0 Å². The highest BCUT2D eigenvalue weighted by Gasteiger charge is 2.33. The number of rotatable bonds is 6. The summed E-state index contributed by atoms with van der Waals surface area (Å²) in [6.07, 6.45) is -3.43. The molecule has 36 heavy (non-hydrogen) atoms. The lowest BCUT2D eigenvalue weighted by molar-refractivity contribution is -0.385. The van der Waals surface area contributed by atoms with Crippen LogP contribution < -0.4 is 10.1 Å². The van der Waals surface area contributed by atoms with Crippen molar-refractivity contribution in [1.82, 2.24) is 0 Å². The van der Waals surface area contributed by atoms with E-state index in [0.29, 0.717) is 23.4 Å². The lowest BCUT2D eigenvalue weighted by Crippen LogP contribution is -2.14. The highest BCUT2D eigenvalue weighted by Crippen LogP contribution is 2.42. The van der Waals surface area contributed by atoms with Gasteiger partial charge < -0.3 is 10.1 Å². The summed E-state index contributed by atoms with van der Waals surface area (Å²) in [5.74, 6) is -0.995. The summed E-state index contributed by atoms with van der Waals surface area (Å²) in [5, 5.41) is 23.5. The molecule has 184 valence electrons. The number of nitrogens with zero attached hydrogens (tertiary/aromatic N) is 2. The molecule has 12 heteroatoms. The molecule has 0 bridgehead atoms. The molecule has 0 fully saturated rings. The first kappa shape index (κ1) is 26.9. The van der Waals surface area contributed by atoms with Gasteiger partial charge in [0.05, 0.1) is 19.4 Å². The summed E-state index contributed by atoms with van der Waals surface area (Å²) >= 11 is 6.52. The number of ether oxygens (including phenoxy) is 1. The standard InChI is InChI=1S/C24H14Br2F3N3O4/c1-13-4-2-3-5-19(13)31-23(33)15(12-30)8-14-9-17(25)22(18(26)10-14)36-21-7-6-16(24(27,28)29)11-20(21)32(34)35/h2-11H,1H3,(H,31,33)/b15-8+. The summed E-state index contributed by atoms with van der Waals surface area (Å²) in [6, 6.07) is 13.8. The number of nitriles is 1. The van der Waals surface area contributed by atoms with Crippen LogP contribution in [-0.2, 0) is 11.0 Å². The second kappa shape index (κ2) is 10.9. The van der Waals surface area contributed by atoms with Gasteiger partial charge in [0.25, 0.3) is 5.91 Å². The highest BCUT2D eigenvalue weighted by atomic mass is 79.9. The minimum atomic E-state index is -4.76. The van der Waals surface area contributed by atoms with Crippen LogP contribution in [0.1, 0.15) is 16.7 Å². The molecule has 0 radical (unpaired) electrons. The van der Waals surface area contributed by atoms with E-state index < -0.39 is 34.0 Å². The summed E-state index contributed by atoms with van der Waals surface area (Å²) in [4.78, 5) is 23.0. The van der Waals surface area contributed by atoms with E-state index in [2.05, 4.69) is 37.2 Å². The number of alkyl halides is 3. The van der Waals surface area contributed by atoms with Crippen molar-refractivity contribution in [3.63, 3.8) is 0 Å². The molecule has 0 aliphatic heterocycles. The molecular formula is C24H14Br2F3N3O4. The molecule has 0 aliphatic rings. The van der Waals surface area contributed by atoms with E-state index in [1.165, 1.54) is 18.2 Å². The number of hydrogen-bond donors (Lipinski definition) is 1. The molecule has 0 aromatic heterocycles. The lowest BCUT2D eigenvalue weighted by atomic mass is 10.1. The Morgan fingerprint density at radius 2 is 1.78 bits per heavy atom. The van der Waals surface area contributed by atoms with E-state index in [9.17, 15) is 33.3 Å². The van der Waals surface area contributed by atoms with Crippen LogP contribution in [-0.4, -0.2) is 10.8 Å². The first-order chi connectivity index (χ1) is 16.9. The minimum Gasteiger partial charge on any atom is -0.448 e. The van der Waals surface area contributed by atoms with Crippen LogP contribution in [0.2, 0.25) is 0 Å². The first-order valence-electron chi connectivity index (χ1n) is 9.92. The fourth-order valence-corrected chi connectivity index (χ4v) is 4.39. The molecule has 0 spiro atoms. The van der Waals surface area contributed by atoms with E-state index in [1.807, 2.05) is 12.1 Å². The van der Waals surface area contributed by atoms with Gasteiger partial charge in [-0.05, 0) is 86.3 Å². The van der Waals surface area contributed by atoms with Crippen LogP contribution in [0.5, 0.6) is 11.5 Å². The van der Waals surface area contributed by atoms with E-state index in [-0.39, 0.29) is 20.3 Å². The fourth-order valence-electron chi connectivity index (χ4n) is 3.01. The number of halogens is 5. The molecular weight excluding hydrogens is 611 g/mol. The summed E-state index contributed by atoms with van der Waals surface area (Å²) in [5.41, 5.74) is -0.482. The van der Waals surface area contributed by atoms with E-state index in [1.54, 1.807) is 25.1 Å². The Labute approximate surface area is 219 Å². The number of nitro benzene ring substituents is 1. The lowest BCUT2D eigenvalue weighted by Gasteiger charge is -2.13. The van der Waals surface area contributed by atoms with Crippen molar-refractivity contribution in [2.45, 2.75) is 13.1 Å². The number of para-hydroxylation sites is 1. The molecule has 0 atom stereocenters. The van der Waals surface area contributed by atoms with Gasteiger partial charge in [0, 0.05) is 11.8 Å². The van der Waals surface area contributed by atoms with Crippen LogP contribution in [0.15, 0.2) is 69.1 Å². The fraction of sp³-hybridized carbons (Fsp3) is 0.0833. The van der Waals surface area contributed by atoms with Gasteiger partial charge >= 0.3 is 11.9 Å². The first-order valence-corrected chi connectivity index (χ1v) is 11.5. The van der Waals surface area contributed by atoms with E-state index >= 15 is 0 Å². The van der Waals surface area contributed by atoms with Crippen molar-refractivity contribution >= 4 is 55.2 Å². The summed E-state index contributed by atoms with van der Waals surface area (Å²) < 4.78 is 45.0. The van der Waals surface area contributed by atoms with Crippen molar-refractivity contribution in [2.75, 3.05) is 5.32 Å². The molecule has 0 saturated heterocycles. The number of aryl methyl sites for hydroxylation is 1. The van der Waals surface area contributed by atoms with Gasteiger partial charge in [0.2, 0.25) is 5.75 Å². The molecule has 0 heterocycles. The van der Waals surface area contributed by atoms with Gasteiger partial charge in [0.1, 0.15) is 11.6 Å². The third-order valence-electron chi connectivity index (χ3n) is 4.78. The third kappa shape index (κ3) is 6.30. The monoisotopic (exact) mass is 623 g/mol. The Morgan fingerprint density at radius 3 is 2.33 bits per heavy atom. The van der Waals surface area contributed by atoms with Crippen LogP contribution >= 0.6 is 31.9 Å². The molecule has 1 N–H and O–H groups in total. The number of benzene rings is 3. The van der Waals surface area contributed by atoms with Crippen molar-refractivity contribution in [3.05, 3.63) is 95.9 Å². The molecule has 0 saturated carbocycles. The Hall–Kier alpha value is -3.69. The van der Waals surface area contributed by atoms with Gasteiger partial charge in [0.15, 0.2) is 5.75 Å². The van der Waals surface area contributed by atoms with Gasteiger partial charge in [-0.1, -0.05) is 18.2 Å². The Balaban J connectivity index is 1.92. The Kier molecular flexibility index (Phi) is 8.17. The molecule has 3 rings (SSSR count). The summed E-state index contributed by atoms with van der Waals surface area (Å²) in [7, 11) is 0. The summed E-state index contributed by atoms with van der Waals surface area (Å²) in [6.45, 7) is 1.80. The zero-order chi connectivity index (χ0) is 26.6. The van der Waals surface area contributed by atoms with Crippen molar-refractivity contribution in [3.8, 4) is 17.6 Å². The predicted molar refractivity (Wildman–Crippen MR) is 133 cm³/mol. The van der Waals surface area contributed by atoms with Crippen LogP contribution in [0.4, 0.5) is 24.5 Å². The van der Waals surface area contributed by atoms with Crippen LogP contribution in [0, 0.1) is 28.4 Å². The zero-order valence-electron chi connectivity index (χ0n) is 18.2. The van der Waals surface area contributed by atoms with Gasteiger partial charge in [-0.2, -0.15) is 18.4 Å². The number of carbonyl (C=O) groups excluding carboxylic acids is 1. The van der Waals surface area contributed by atoms with E-state index in [4.69, 9.17) is 4.74 Å². The molecule has 3 aromatic carbocycles. The van der Waals surface area contributed by atoms with Crippen LogP contribution in [0.25, 0.3) is 6.08 Å². The Morgan fingerprint density at radius 1 is 1.14 bits per heavy atom. The van der Waals surface area contributed by atoms with Crippen molar-refractivity contribution in [1.29, 1.82) is 5.26 Å². The number of nitro groups is 1. The topological polar surface area (TPSA) is 105 Å². The quantitative estimate of drug-likeness (QED) is 0.130. The average molecular weight is 625 g/mol. The number of carbonyl (C=O) groups is 1. The maximum atomic E-state index is 13.0. The largest absolute Gasteiger partial charge is 0.448 e. The highest BCUT2D eigenvalue weighted by molar-refractivity contribution is 9.11. The number of amides is 1. The number of nitrogens with one attached hydrogen (secondary N) is 1. The predicted octanol–water partition coefficient (Wildman–Crippen LogP) is 7.79. The molecule has 3 aromatic rings. The second-order valence-electron chi connectivity index (χ2n) is 7.29. The molecule has 1 amide bonds. The van der Waals surface area contributed by atoms with Crippen molar-refractivity contribution in [2.24, 2.45) is 0 Å². The molecule has 0 aliphatic carbocycles. The van der Waals surface area contributed by atoms with Gasteiger partial charge in [-0.15, -0.1) is 0 Å². The SMILES string of the molecule is Cc1ccccc1NC(=O)/C(C#N)=C/c1cc(Br)c(Oc2ccc(C(F)(F)F)cc2[N+](=O)[O-])c(Br)c1. The Bertz CT molecular complexity index is 1410. The van der Waals surface area contributed by atoms with Crippen LogP contribution in [0.3, 0.4) is 0 Å². The van der Waals surface area contributed by atoms with Gasteiger partial charge in [-0.3, -0.25) is 14.9 Å². The third-order valence-corrected chi connectivity index (χ3v) is 5.96. The minimum absolute atomic E-state index is 0.0397. The second-order valence-corrected chi connectivity index (χ2v) is 9.00. The van der Waals surface area contributed by atoms with E-state index in [0.717, 1.165) is 11.6 Å². The smallest absolute Gasteiger partial charge is 0.416 e. The maximum Gasteiger partial charge on any atom is 0.416 e. The number of anilines is 1. The molecule has 7 nitrogen and oxygen atoms in total. The average Bonchev–Trinajstić information content (AvgIpc) is 2.80. The van der Waals surface area contributed by atoms with Crippen molar-refractivity contribution < 1.29 is 27.6 Å². The number of hydrogen-bond acceptors (Lipinski definition) is 5. The maximum absolute atomic E-state index is 13.0.